The standard InChI is InChI=1S/C15H19BrN4O3/c16-11-5-1-2-6-12(11)19-13(21)8-18-14(22)10-4-3-7-20(9-10)15(17)23/h1-2,5-6,10H,3-4,7-9H2,(H2,17,23)(H,18,22)(H,19,21)/t10-/m1/s1. The summed E-state index contributed by atoms with van der Waals surface area (Å²) in [6.45, 7) is 0.752. The molecular weight excluding hydrogens is 364 g/mol. The normalized spacial score (nSPS) is 17.4. The Kier molecular flexibility index (Phi) is 5.97. The lowest BCUT2D eigenvalue weighted by Crippen LogP contribution is -2.48. The Morgan fingerprint density at radius 3 is 2.74 bits per heavy atom. The monoisotopic (exact) mass is 382 g/mol. The van der Waals surface area contributed by atoms with Crippen molar-refractivity contribution in [1.82, 2.24) is 10.2 Å². The number of nitrogens with two attached hydrogens (primary N) is 1. The molecule has 0 saturated carbocycles. The molecule has 1 fully saturated rings. The number of primary amides is 1. The van der Waals surface area contributed by atoms with Gasteiger partial charge in [0.15, 0.2) is 0 Å². The van der Waals surface area contributed by atoms with Crippen molar-refractivity contribution in [3.05, 3.63) is 28.7 Å². The Labute approximate surface area is 142 Å². The van der Waals surface area contributed by atoms with Crippen LogP contribution in [0, 0.1) is 5.92 Å². The first-order valence-electron chi connectivity index (χ1n) is 7.34. The average molecular weight is 383 g/mol. The number of amides is 4. The summed E-state index contributed by atoms with van der Waals surface area (Å²) in [5.41, 5.74) is 5.88. The fraction of sp³-hybridized carbons (Fsp3) is 0.400. The first kappa shape index (κ1) is 17.3. The quantitative estimate of drug-likeness (QED) is 0.730. The van der Waals surface area contributed by atoms with E-state index in [-0.39, 0.29) is 24.3 Å². The summed E-state index contributed by atoms with van der Waals surface area (Å²) in [6.07, 6.45) is 1.41. The molecule has 1 aliphatic heterocycles. The zero-order valence-electron chi connectivity index (χ0n) is 12.5. The molecule has 1 saturated heterocycles. The van der Waals surface area contributed by atoms with Crippen LogP contribution in [0.3, 0.4) is 0 Å². The number of hydrogen-bond acceptors (Lipinski definition) is 3. The van der Waals surface area contributed by atoms with Gasteiger partial charge in [-0.2, -0.15) is 0 Å². The van der Waals surface area contributed by atoms with E-state index in [9.17, 15) is 14.4 Å². The number of nitrogens with one attached hydrogen (secondary N) is 2. The van der Waals surface area contributed by atoms with Crippen LogP contribution in [0.1, 0.15) is 12.8 Å². The van der Waals surface area contributed by atoms with Gasteiger partial charge >= 0.3 is 6.03 Å². The minimum Gasteiger partial charge on any atom is -0.351 e. The SMILES string of the molecule is NC(=O)N1CCC[C@@H](C(=O)NCC(=O)Nc2ccccc2Br)C1. The number of carbonyl (C=O) groups excluding carboxylic acids is 3. The Balaban J connectivity index is 1.81. The molecule has 1 aliphatic rings. The summed E-state index contributed by atoms with van der Waals surface area (Å²) < 4.78 is 0.768. The maximum Gasteiger partial charge on any atom is 0.314 e. The number of anilines is 1. The van der Waals surface area contributed by atoms with E-state index in [0.717, 1.165) is 10.9 Å². The summed E-state index contributed by atoms with van der Waals surface area (Å²) in [5.74, 6) is -0.876. The van der Waals surface area contributed by atoms with E-state index >= 15 is 0 Å². The molecule has 0 spiro atoms. The van der Waals surface area contributed by atoms with E-state index < -0.39 is 6.03 Å². The van der Waals surface area contributed by atoms with Gasteiger partial charge in [0.2, 0.25) is 11.8 Å². The summed E-state index contributed by atoms with van der Waals surface area (Å²) >= 11 is 3.34. The molecule has 4 N–H and O–H groups in total. The van der Waals surface area contributed by atoms with Gasteiger partial charge in [-0.05, 0) is 40.9 Å². The van der Waals surface area contributed by atoms with Crippen molar-refractivity contribution in [2.75, 3.05) is 25.0 Å². The van der Waals surface area contributed by atoms with Crippen molar-refractivity contribution >= 4 is 39.5 Å². The Morgan fingerprint density at radius 2 is 2.04 bits per heavy atom. The van der Waals surface area contributed by atoms with Gasteiger partial charge in [0, 0.05) is 17.6 Å². The van der Waals surface area contributed by atoms with Crippen LogP contribution in [-0.2, 0) is 9.59 Å². The maximum atomic E-state index is 12.1. The Bertz CT molecular complexity index is 608. The second-order valence-electron chi connectivity index (χ2n) is 5.37. The van der Waals surface area contributed by atoms with Gasteiger partial charge in [0.1, 0.15) is 0 Å². The molecule has 4 amide bonds. The molecule has 2 rings (SSSR count). The fourth-order valence-electron chi connectivity index (χ4n) is 2.46. The van der Waals surface area contributed by atoms with Crippen LogP contribution in [-0.4, -0.2) is 42.4 Å². The van der Waals surface area contributed by atoms with Gasteiger partial charge < -0.3 is 21.3 Å². The molecule has 0 radical (unpaired) electrons. The molecule has 124 valence electrons. The second-order valence-corrected chi connectivity index (χ2v) is 6.22. The minimum atomic E-state index is -0.519. The molecule has 0 unspecified atom stereocenters. The number of urea groups is 1. The van der Waals surface area contributed by atoms with E-state index in [1.165, 1.54) is 4.90 Å². The van der Waals surface area contributed by atoms with Crippen molar-refractivity contribution in [3.63, 3.8) is 0 Å². The fourth-order valence-corrected chi connectivity index (χ4v) is 2.84. The average Bonchev–Trinajstić information content (AvgIpc) is 2.55. The third-order valence-corrected chi connectivity index (χ3v) is 4.37. The number of benzene rings is 1. The Hall–Kier alpha value is -2.09. The van der Waals surface area contributed by atoms with Crippen molar-refractivity contribution < 1.29 is 14.4 Å². The highest BCUT2D eigenvalue weighted by Crippen LogP contribution is 2.21. The highest BCUT2D eigenvalue weighted by atomic mass is 79.9. The number of nitrogens with zero attached hydrogens (tertiary/aromatic N) is 1. The van der Waals surface area contributed by atoms with Crippen molar-refractivity contribution in [2.45, 2.75) is 12.8 Å². The lowest BCUT2D eigenvalue weighted by molar-refractivity contribution is -0.128. The van der Waals surface area contributed by atoms with E-state index in [1.807, 2.05) is 12.1 Å². The van der Waals surface area contributed by atoms with Gasteiger partial charge in [-0.1, -0.05) is 12.1 Å². The zero-order chi connectivity index (χ0) is 16.8. The molecule has 1 aromatic rings. The third kappa shape index (κ3) is 4.95. The predicted molar refractivity (Wildman–Crippen MR) is 89.7 cm³/mol. The van der Waals surface area contributed by atoms with E-state index in [0.29, 0.717) is 25.2 Å². The van der Waals surface area contributed by atoms with Crippen molar-refractivity contribution in [3.8, 4) is 0 Å². The summed E-state index contributed by atoms with van der Waals surface area (Å²) in [4.78, 5) is 36.6. The zero-order valence-corrected chi connectivity index (χ0v) is 14.1. The van der Waals surface area contributed by atoms with Crippen molar-refractivity contribution in [2.24, 2.45) is 11.7 Å². The lowest BCUT2D eigenvalue weighted by Gasteiger charge is -2.30. The first-order chi connectivity index (χ1) is 11.0. The first-order valence-corrected chi connectivity index (χ1v) is 8.13. The number of halogens is 1. The topological polar surface area (TPSA) is 105 Å². The molecule has 1 aromatic carbocycles. The van der Waals surface area contributed by atoms with E-state index in [2.05, 4.69) is 26.6 Å². The molecule has 8 heteroatoms. The Morgan fingerprint density at radius 1 is 1.30 bits per heavy atom. The van der Waals surface area contributed by atoms with Gasteiger partial charge in [0.25, 0.3) is 0 Å². The van der Waals surface area contributed by atoms with Gasteiger partial charge in [-0.3, -0.25) is 9.59 Å². The molecule has 0 aromatic heterocycles. The summed E-state index contributed by atoms with van der Waals surface area (Å²) in [6, 6.07) is 6.70. The van der Waals surface area contributed by atoms with E-state index in [1.54, 1.807) is 12.1 Å². The number of likely N-dealkylation sites (tertiary alicyclic amines) is 1. The van der Waals surface area contributed by atoms with Crippen LogP contribution in [0.25, 0.3) is 0 Å². The molecule has 1 atom stereocenters. The minimum absolute atomic E-state index is 0.118. The van der Waals surface area contributed by atoms with Crippen LogP contribution in [0.15, 0.2) is 28.7 Å². The summed E-state index contributed by atoms with van der Waals surface area (Å²) in [5, 5.41) is 5.32. The second kappa shape index (κ2) is 7.96. The maximum absolute atomic E-state index is 12.1. The van der Waals surface area contributed by atoms with Gasteiger partial charge in [-0.25, -0.2) is 4.79 Å². The predicted octanol–water partition coefficient (Wildman–Crippen LogP) is 1.29. The number of rotatable bonds is 4. The molecular formula is C15H19BrN4O3. The largest absolute Gasteiger partial charge is 0.351 e. The third-order valence-electron chi connectivity index (χ3n) is 3.67. The number of hydrogen-bond donors (Lipinski definition) is 3. The highest BCUT2D eigenvalue weighted by molar-refractivity contribution is 9.10. The molecule has 0 bridgehead atoms. The molecule has 23 heavy (non-hydrogen) atoms. The highest BCUT2D eigenvalue weighted by Gasteiger charge is 2.27. The summed E-state index contributed by atoms with van der Waals surface area (Å²) in [7, 11) is 0. The molecule has 1 heterocycles. The van der Waals surface area contributed by atoms with Crippen LogP contribution < -0.4 is 16.4 Å². The van der Waals surface area contributed by atoms with E-state index in [4.69, 9.17) is 5.73 Å². The van der Waals surface area contributed by atoms with Crippen molar-refractivity contribution in [1.29, 1.82) is 0 Å². The van der Waals surface area contributed by atoms with Gasteiger partial charge in [-0.15, -0.1) is 0 Å². The van der Waals surface area contributed by atoms with Crippen LogP contribution in [0.4, 0.5) is 10.5 Å². The van der Waals surface area contributed by atoms with Crippen LogP contribution in [0.5, 0.6) is 0 Å². The molecule has 7 nitrogen and oxygen atoms in total. The number of piperidine rings is 1. The lowest BCUT2D eigenvalue weighted by atomic mass is 9.97. The number of para-hydroxylation sites is 1. The van der Waals surface area contributed by atoms with Gasteiger partial charge in [0.05, 0.1) is 18.2 Å². The number of carbonyl (C=O) groups is 3. The van der Waals surface area contributed by atoms with Crippen LogP contribution >= 0.6 is 15.9 Å². The van der Waals surface area contributed by atoms with Crippen LogP contribution in [0.2, 0.25) is 0 Å². The molecule has 0 aliphatic carbocycles. The smallest absolute Gasteiger partial charge is 0.314 e.